The molecule has 2 aromatic heterocycles. The van der Waals surface area contributed by atoms with Crippen LogP contribution in [0.2, 0.25) is 0 Å². The molecule has 0 fully saturated rings. The molecule has 0 saturated heterocycles. The zero-order valence-electron chi connectivity index (χ0n) is 40.3. The van der Waals surface area contributed by atoms with Gasteiger partial charge in [0.15, 0.2) is 11.2 Å². The van der Waals surface area contributed by atoms with Crippen molar-refractivity contribution in [1.82, 2.24) is 0 Å². The Morgan fingerprint density at radius 2 is 1.09 bits per heavy atom. The minimum atomic E-state index is 0.0376. The maximum Gasteiger partial charge on any atom is 0.159 e. The Morgan fingerprint density at radius 3 is 1.72 bits per heavy atom. The van der Waals surface area contributed by atoms with E-state index < -0.39 is 0 Å². The van der Waals surface area contributed by atoms with E-state index in [0.717, 1.165) is 89.7 Å². The van der Waals surface area contributed by atoms with Gasteiger partial charge in [-0.15, -0.1) is 0 Å². The largest absolute Gasteiger partial charge is 0.454 e. The van der Waals surface area contributed by atoms with Gasteiger partial charge in [-0.05, 0) is 158 Å². The second-order valence-corrected chi connectivity index (χ2v) is 19.8. The number of nitrogens with zero attached hydrogens (tertiary/aromatic N) is 2. The highest BCUT2D eigenvalue weighted by Gasteiger charge is 2.42. The molecular formula is C64H60N2O2. The third-order valence-electron chi connectivity index (χ3n) is 15.6. The van der Waals surface area contributed by atoms with Gasteiger partial charge in [0.2, 0.25) is 0 Å². The third-order valence-corrected chi connectivity index (χ3v) is 15.6. The average Bonchev–Trinajstić information content (AvgIpc) is 3.95. The molecule has 4 nitrogen and oxygen atoms in total. The molecule has 2 heterocycles. The van der Waals surface area contributed by atoms with Crippen molar-refractivity contribution in [1.29, 1.82) is 0 Å². The van der Waals surface area contributed by atoms with E-state index in [1.165, 1.54) is 83.2 Å². The van der Waals surface area contributed by atoms with Crippen LogP contribution in [0, 0.1) is 39.5 Å². The van der Waals surface area contributed by atoms with Crippen LogP contribution in [0.4, 0.5) is 22.7 Å². The normalized spacial score (nSPS) is 18.4. The van der Waals surface area contributed by atoms with Crippen LogP contribution in [-0.4, -0.2) is 6.04 Å². The number of unbranched alkanes of at least 4 members (excludes halogenated alkanes) is 2. The van der Waals surface area contributed by atoms with Crippen LogP contribution in [0.1, 0.15) is 79.3 Å². The van der Waals surface area contributed by atoms with Crippen molar-refractivity contribution in [2.75, 3.05) is 9.80 Å². The van der Waals surface area contributed by atoms with Gasteiger partial charge in [0, 0.05) is 50.5 Å². The van der Waals surface area contributed by atoms with Crippen molar-refractivity contribution in [3.63, 3.8) is 0 Å². The fourth-order valence-corrected chi connectivity index (χ4v) is 11.7. The summed E-state index contributed by atoms with van der Waals surface area (Å²) in [5.41, 5.74) is 22.8. The summed E-state index contributed by atoms with van der Waals surface area (Å²) in [5, 5.41) is 4.70. The number of anilines is 4. The lowest BCUT2D eigenvalue weighted by molar-refractivity contribution is 0.568. The molecule has 3 unspecified atom stereocenters. The molecule has 0 radical (unpaired) electrons. The molecule has 6 aromatic carbocycles. The molecule has 4 aliphatic carbocycles. The number of rotatable bonds is 12. The molecule has 3 atom stereocenters. The van der Waals surface area contributed by atoms with Gasteiger partial charge in [-0.25, -0.2) is 0 Å². The Balaban J connectivity index is 1.04. The Bertz CT molecular complexity index is 3540. The molecule has 12 rings (SSSR count). The van der Waals surface area contributed by atoms with E-state index in [4.69, 9.17) is 8.83 Å². The van der Waals surface area contributed by atoms with Gasteiger partial charge in [0.1, 0.15) is 11.2 Å². The first-order valence-corrected chi connectivity index (χ1v) is 25.1. The van der Waals surface area contributed by atoms with E-state index in [2.05, 4.69) is 203 Å². The van der Waals surface area contributed by atoms with Gasteiger partial charge in [-0.2, -0.15) is 0 Å². The maximum atomic E-state index is 7.11. The molecule has 4 aliphatic rings. The smallest absolute Gasteiger partial charge is 0.159 e. The molecule has 0 saturated carbocycles. The Labute approximate surface area is 400 Å². The van der Waals surface area contributed by atoms with E-state index in [1.807, 2.05) is 0 Å². The average molecular weight is 889 g/mol. The lowest BCUT2D eigenvalue weighted by Gasteiger charge is -2.45. The third kappa shape index (κ3) is 6.78. The number of aryl methyl sites for hydroxylation is 6. The Kier molecular flexibility index (Phi) is 10.5. The van der Waals surface area contributed by atoms with Crippen LogP contribution in [0.5, 0.6) is 0 Å². The number of benzene rings is 6. The molecular weight excluding hydrogens is 829 g/mol. The molecule has 0 bridgehead atoms. The molecule has 0 amide bonds. The minimum Gasteiger partial charge on any atom is -0.454 e. The van der Waals surface area contributed by atoms with Crippen LogP contribution < -0.4 is 9.80 Å². The monoisotopic (exact) mass is 888 g/mol. The lowest BCUT2D eigenvalue weighted by atomic mass is 9.64. The van der Waals surface area contributed by atoms with Gasteiger partial charge in [0.05, 0.1) is 17.4 Å². The molecule has 0 N–H and O–H groups in total. The predicted molar refractivity (Wildman–Crippen MR) is 286 cm³/mol. The topological polar surface area (TPSA) is 32.8 Å². The van der Waals surface area contributed by atoms with Gasteiger partial charge < -0.3 is 18.6 Å². The quantitative estimate of drug-likeness (QED) is 0.122. The minimum absolute atomic E-state index is 0.0376. The number of hydrogen-bond donors (Lipinski definition) is 0. The SMILES string of the molecule is CCCCc1cccc2c1oc1c(N(C3=C4C=CC5=CCC(N(c6ccc(C)c(C)c6)c6cccc7c6oc6c(CCCC)cccc67)C6=C5C4C(C=C6)C=C3)c3ccc(C)c(C)c3)cccc12. The first-order valence-electron chi connectivity index (χ1n) is 25.1. The fraction of sp³-hybridized carbons (Fsp3) is 0.250. The van der Waals surface area contributed by atoms with Crippen LogP contribution >= 0.6 is 0 Å². The molecule has 8 aromatic rings. The molecule has 68 heavy (non-hydrogen) atoms. The standard InChI is InChI=1S/C64H60N2O2/c1-7-9-15-45-17-11-19-49-51-21-13-23-57(63(51)67-61(45)49)65(47-31-25-39(3)41(5)37-47)55-35-29-43-28-34-54-56(36-30-44-27-33-53(55)59(43)60(44)54)66(48-32-26-40(4)42(6)38-48)58-24-14-22-52-50-20-12-18-46(16-10-8-2)62(50)68-64(52)58/h11-14,17-35,37-38,43,56,59H,7-10,15-16,36H2,1-6H3. The van der Waals surface area contributed by atoms with Gasteiger partial charge in [-0.1, -0.05) is 136 Å². The van der Waals surface area contributed by atoms with E-state index in [-0.39, 0.29) is 17.9 Å². The van der Waals surface area contributed by atoms with Crippen LogP contribution in [0.25, 0.3) is 43.9 Å². The number of hydrogen-bond acceptors (Lipinski definition) is 4. The van der Waals surface area contributed by atoms with Crippen molar-refractivity contribution in [3.8, 4) is 0 Å². The number of para-hydroxylation sites is 4. The molecule has 0 aliphatic heterocycles. The summed E-state index contributed by atoms with van der Waals surface area (Å²) in [5.74, 6) is 0.364. The highest BCUT2D eigenvalue weighted by molar-refractivity contribution is 6.12. The lowest BCUT2D eigenvalue weighted by Crippen LogP contribution is -2.39. The Hall–Kier alpha value is -7.04. The predicted octanol–water partition coefficient (Wildman–Crippen LogP) is 17.6. The first-order chi connectivity index (χ1) is 33.3. The van der Waals surface area contributed by atoms with Gasteiger partial charge in [0.25, 0.3) is 0 Å². The molecule has 4 heteroatoms. The second-order valence-electron chi connectivity index (χ2n) is 19.8. The summed E-state index contributed by atoms with van der Waals surface area (Å²) in [6, 6.07) is 40.8. The summed E-state index contributed by atoms with van der Waals surface area (Å²) in [6.45, 7) is 13.4. The number of furan rings is 2. The Morgan fingerprint density at radius 1 is 0.529 bits per heavy atom. The number of allylic oxidation sites excluding steroid dienone is 8. The fourth-order valence-electron chi connectivity index (χ4n) is 11.7. The summed E-state index contributed by atoms with van der Waals surface area (Å²) < 4.78 is 14.2. The molecule has 338 valence electrons. The van der Waals surface area contributed by atoms with Gasteiger partial charge in [-0.3, -0.25) is 0 Å². The first kappa shape index (κ1) is 42.3. The van der Waals surface area contributed by atoms with Crippen molar-refractivity contribution in [2.45, 2.75) is 92.5 Å². The maximum absolute atomic E-state index is 7.11. The van der Waals surface area contributed by atoms with Crippen LogP contribution in [0.15, 0.2) is 189 Å². The van der Waals surface area contributed by atoms with E-state index in [0.29, 0.717) is 0 Å². The van der Waals surface area contributed by atoms with Crippen LogP contribution in [-0.2, 0) is 12.8 Å². The highest BCUT2D eigenvalue weighted by Crippen LogP contribution is 2.54. The summed E-state index contributed by atoms with van der Waals surface area (Å²) in [4.78, 5) is 5.09. The van der Waals surface area contributed by atoms with Crippen molar-refractivity contribution in [2.24, 2.45) is 11.8 Å². The zero-order valence-corrected chi connectivity index (χ0v) is 40.3. The zero-order chi connectivity index (χ0) is 46.2. The van der Waals surface area contributed by atoms with Crippen LogP contribution in [0.3, 0.4) is 0 Å². The van der Waals surface area contributed by atoms with Crippen molar-refractivity contribution in [3.05, 3.63) is 213 Å². The van der Waals surface area contributed by atoms with E-state index in [9.17, 15) is 0 Å². The summed E-state index contributed by atoms with van der Waals surface area (Å²) in [6.07, 6.45) is 24.6. The molecule has 0 spiro atoms. The van der Waals surface area contributed by atoms with Crippen molar-refractivity contribution >= 4 is 66.6 Å². The van der Waals surface area contributed by atoms with Gasteiger partial charge >= 0.3 is 0 Å². The number of fused-ring (bicyclic) bond motifs is 6. The van der Waals surface area contributed by atoms with Crippen molar-refractivity contribution < 1.29 is 8.83 Å². The van der Waals surface area contributed by atoms with E-state index >= 15 is 0 Å². The summed E-state index contributed by atoms with van der Waals surface area (Å²) >= 11 is 0. The second kappa shape index (κ2) is 16.9. The highest BCUT2D eigenvalue weighted by atomic mass is 16.3. The summed E-state index contributed by atoms with van der Waals surface area (Å²) in [7, 11) is 0. The van der Waals surface area contributed by atoms with E-state index in [1.54, 1.807) is 0 Å².